The van der Waals surface area contributed by atoms with Crippen LogP contribution in [0.1, 0.15) is 0 Å². The first-order valence-electron chi connectivity index (χ1n) is 5.49. The zero-order valence-electron chi connectivity index (χ0n) is 10.4. The van der Waals surface area contributed by atoms with E-state index in [-0.39, 0.29) is 0 Å². The average Bonchev–Trinajstić information content (AvgIpc) is 2.42. The molecule has 100 valence electrons. The first kappa shape index (κ1) is 13.8. The fourth-order valence-electron chi connectivity index (χ4n) is 1.50. The molecule has 0 aliphatic rings. The van der Waals surface area contributed by atoms with Crippen LogP contribution in [0.15, 0.2) is 36.4 Å². The Kier molecular flexibility index (Phi) is 4.40. The molecule has 2 aromatic rings. The highest BCUT2D eigenvalue weighted by Crippen LogP contribution is 2.36. The van der Waals surface area contributed by atoms with Crippen molar-refractivity contribution in [2.45, 2.75) is 0 Å². The number of ether oxygens (including phenoxy) is 3. The molecule has 0 amide bonds. The van der Waals surface area contributed by atoms with E-state index in [1.807, 2.05) is 0 Å². The number of rotatable bonds is 4. The lowest BCUT2D eigenvalue weighted by Crippen LogP contribution is -1.89. The molecule has 0 aliphatic heterocycles. The van der Waals surface area contributed by atoms with Gasteiger partial charge in [0, 0.05) is 12.1 Å². The van der Waals surface area contributed by atoms with Crippen LogP contribution in [0.5, 0.6) is 23.0 Å². The molecule has 0 aliphatic carbocycles. The van der Waals surface area contributed by atoms with Gasteiger partial charge >= 0.3 is 0 Å². The second-order valence-corrected chi connectivity index (χ2v) is 4.51. The molecule has 0 spiro atoms. The Morgan fingerprint density at radius 3 is 1.47 bits per heavy atom. The van der Waals surface area contributed by atoms with Gasteiger partial charge in [0.25, 0.3) is 0 Å². The van der Waals surface area contributed by atoms with Crippen LogP contribution in [0.3, 0.4) is 0 Å². The average molecular weight is 299 g/mol. The van der Waals surface area contributed by atoms with Crippen molar-refractivity contribution in [2.24, 2.45) is 0 Å². The van der Waals surface area contributed by atoms with E-state index in [0.29, 0.717) is 33.0 Å². The number of methoxy groups -OCH3 is 2. The van der Waals surface area contributed by atoms with Crippen molar-refractivity contribution in [1.82, 2.24) is 0 Å². The highest BCUT2D eigenvalue weighted by atomic mass is 35.5. The number of benzene rings is 2. The smallest absolute Gasteiger partial charge is 0.146 e. The summed E-state index contributed by atoms with van der Waals surface area (Å²) in [6.45, 7) is 0. The van der Waals surface area contributed by atoms with Crippen molar-refractivity contribution in [3.63, 3.8) is 0 Å². The SMILES string of the molecule is COc1ccc(Oc2ccc(OC)cc2Cl)c(Cl)c1. The van der Waals surface area contributed by atoms with Gasteiger partial charge in [0.2, 0.25) is 0 Å². The van der Waals surface area contributed by atoms with Gasteiger partial charge in [-0.2, -0.15) is 0 Å². The zero-order chi connectivity index (χ0) is 13.8. The van der Waals surface area contributed by atoms with Crippen LogP contribution in [-0.4, -0.2) is 14.2 Å². The molecule has 2 rings (SSSR count). The van der Waals surface area contributed by atoms with E-state index in [9.17, 15) is 0 Å². The van der Waals surface area contributed by atoms with E-state index in [4.69, 9.17) is 37.4 Å². The molecule has 0 fully saturated rings. The van der Waals surface area contributed by atoms with E-state index in [2.05, 4.69) is 0 Å². The van der Waals surface area contributed by atoms with Crippen molar-refractivity contribution >= 4 is 23.2 Å². The van der Waals surface area contributed by atoms with Gasteiger partial charge in [-0.3, -0.25) is 0 Å². The molecule has 5 heteroatoms. The standard InChI is InChI=1S/C14H12Cl2O3/c1-17-9-3-5-13(11(15)7-9)19-14-6-4-10(18-2)8-12(14)16/h3-8H,1-2H3. The Morgan fingerprint density at radius 1 is 0.737 bits per heavy atom. The molecule has 19 heavy (non-hydrogen) atoms. The number of hydrogen-bond donors (Lipinski definition) is 0. The van der Waals surface area contributed by atoms with Crippen LogP contribution in [0, 0.1) is 0 Å². The summed E-state index contributed by atoms with van der Waals surface area (Å²) >= 11 is 12.2. The quantitative estimate of drug-likeness (QED) is 0.811. The minimum atomic E-state index is 0.450. The third kappa shape index (κ3) is 3.25. The third-order valence-electron chi connectivity index (χ3n) is 2.50. The molecule has 0 radical (unpaired) electrons. The highest BCUT2D eigenvalue weighted by Gasteiger charge is 2.08. The maximum Gasteiger partial charge on any atom is 0.146 e. The largest absolute Gasteiger partial charge is 0.497 e. The number of halogens is 2. The molecule has 0 saturated carbocycles. The molecule has 0 aromatic heterocycles. The minimum absolute atomic E-state index is 0.450. The van der Waals surface area contributed by atoms with Gasteiger partial charge in [0.15, 0.2) is 0 Å². The van der Waals surface area contributed by atoms with Crippen LogP contribution in [0.4, 0.5) is 0 Å². The van der Waals surface area contributed by atoms with Gasteiger partial charge in [-0.25, -0.2) is 0 Å². The molecule has 2 aromatic carbocycles. The summed E-state index contributed by atoms with van der Waals surface area (Å²) in [6.07, 6.45) is 0. The summed E-state index contributed by atoms with van der Waals surface area (Å²) in [5, 5.41) is 0.900. The molecule has 0 bridgehead atoms. The molecule has 0 heterocycles. The summed E-state index contributed by atoms with van der Waals surface area (Å²) < 4.78 is 15.8. The summed E-state index contributed by atoms with van der Waals surface area (Å²) in [6, 6.07) is 10.3. The molecule has 0 N–H and O–H groups in total. The Bertz CT molecular complexity index is 533. The Labute approximate surface area is 121 Å². The lowest BCUT2D eigenvalue weighted by Gasteiger charge is -2.11. The van der Waals surface area contributed by atoms with Crippen molar-refractivity contribution in [3.05, 3.63) is 46.4 Å². The first-order valence-corrected chi connectivity index (χ1v) is 6.24. The van der Waals surface area contributed by atoms with E-state index < -0.39 is 0 Å². The second kappa shape index (κ2) is 6.04. The van der Waals surface area contributed by atoms with Gasteiger partial charge in [-0.1, -0.05) is 23.2 Å². The third-order valence-corrected chi connectivity index (χ3v) is 3.09. The van der Waals surface area contributed by atoms with E-state index >= 15 is 0 Å². The molecule has 3 nitrogen and oxygen atoms in total. The van der Waals surface area contributed by atoms with Crippen molar-refractivity contribution in [2.75, 3.05) is 14.2 Å². The number of hydrogen-bond acceptors (Lipinski definition) is 3. The zero-order valence-corrected chi connectivity index (χ0v) is 12.0. The lowest BCUT2D eigenvalue weighted by molar-refractivity contribution is 0.411. The maximum absolute atomic E-state index is 6.10. The molecule has 0 atom stereocenters. The molecular formula is C14H12Cl2O3. The predicted octanol–water partition coefficient (Wildman–Crippen LogP) is 4.80. The summed E-state index contributed by atoms with van der Waals surface area (Å²) in [5.74, 6) is 2.35. The van der Waals surface area contributed by atoms with E-state index in [1.54, 1.807) is 50.6 Å². The van der Waals surface area contributed by atoms with Crippen LogP contribution in [0.25, 0.3) is 0 Å². The van der Waals surface area contributed by atoms with Crippen LogP contribution >= 0.6 is 23.2 Å². The van der Waals surface area contributed by atoms with Crippen molar-refractivity contribution in [1.29, 1.82) is 0 Å². The summed E-state index contributed by atoms with van der Waals surface area (Å²) in [5.41, 5.74) is 0. The predicted molar refractivity (Wildman–Crippen MR) is 76.1 cm³/mol. The maximum atomic E-state index is 6.10. The highest BCUT2D eigenvalue weighted by molar-refractivity contribution is 6.33. The van der Waals surface area contributed by atoms with Crippen LogP contribution in [-0.2, 0) is 0 Å². The van der Waals surface area contributed by atoms with E-state index in [1.165, 1.54) is 0 Å². The minimum Gasteiger partial charge on any atom is -0.497 e. The fraction of sp³-hybridized carbons (Fsp3) is 0.143. The van der Waals surface area contributed by atoms with Gasteiger partial charge in [-0.05, 0) is 24.3 Å². The second-order valence-electron chi connectivity index (χ2n) is 3.69. The molecule has 0 unspecified atom stereocenters. The Hall–Kier alpha value is -1.58. The van der Waals surface area contributed by atoms with Crippen molar-refractivity contribution in [3.8, 4) is 23.0 Å². The summed E-state index contributed by atoms with van der Waals surface area (Å²) in [7, 11) is 3.15. The molecule has 0 saturated heterocycles. The van der Waals surface area contributed by atoms with Crippen LogP contribution in [0.2, 0.25) is 10.0 Å². The van der Waals surface area contributed by atoms with Gasteiger partial charge in [0.1, 0.15) is 23.0 Å². The normalized spacial score (nSPS) is 10.1. The van der Waals surface area contributed by atoms with Crippen molar-refractivity contribution < 1.29 is 14.2 Å². The lowest BCUT2D eigenvalue weighted by atomic mass is 10.3. The first-order chi connectivity index (χ1) is 9.13. The van der Waals surface area contributed by atoms with Gasteiger partial charge in [0.05, 0.1) is 24.3 Å². The fourth-order valence-corrected chi connectivity index (χ4v) is 1.92. The Balaban J connectivity index is 2.26. The van der Waals surface area contributed by atoms with Gasteiger partial charge < -0.3 is 14.2 Å². The monoisotopic (exact) mass is 298 g/mol. The van der Waals surface area contributed by atoms with Gasteiger partial charge in [-0.15, -0.1) is 0 Å². The topological polar surface area (TPSA) is 27.7 Å². The summed E-state index contributed by atoms with van der Waals surface area (Å²) in [4.78, 5) is 0. The van der Waals surface area contributed by atoms with Crippen LogP contribution < -0.4 is 14.2 Å². The van der Waals surface area contributed by atoms with E-state index in [0.717, 1.165) is 0 Å². The Morgan fingerprint density at radius 2 is 1.16 bits per heavy atom. The molecular weight excluding hydrogens is 287 g/mol.